The zero-order chi connectivity index (χ0) is 11.5. The summed E-state index contributed by atoms with van der Waals surface area (Å²) in [6.45, 7) is 0. The van der Waals surface area contributed by atoms with Gasteiger partial charge in [0.1, 0.15) is 11.6 Å². The van der Waals surface area contributed by atoms with Crippen LogP contribution >= 0.6 is 0 Å². The Morgan fingerprint density at radius 2 is 2.06 bits per heavy atom. The third-order valence-corrected chi connectivity index (χ3v) is 3.35. The molecule has 1 aliphatic carbocycles. The van der Waals surface area contributed by atoms with Gasteiger partial charge in [0.25, 0.3) is 0 Å². The summed E-state index contributed by atoms with van der Waals surface area (Å²) in [4.78, 5) is 0. The van der Waals surface area contributed by atoms with E-state index < -0.39 is 11.6 Å². The SMILES string of the molecule is NC1CCCC(Cc2ccc(F)cc2F)C1. The van der Waals surface area contributed by atoms with E-state index in [0.29, 0.717) is 17.9 Å². The van der Waals surface area contributed by atoms with Crippen LogP contribution in [-0.2, 0) is 6.42 Å². The molecule has 1 aliphatic rings. The van der Waals surface area contributed by atoms with E-state index in [0.717, 1.165) is 31.7 Å². The number of nitrogens with two attached hydrogens (primary N) is 1. The Kier molecular flexibility index (Phi) is 3.54. The average molecular weight is 225 g/mol. The van der Waals surface area contributed by atoms with Crippen LogP contribution in [0.25, 0.3) is 0 Å². The molecule has 2 atom stereocenters. The van der Waals surface area contributed by atoms with Crippen molar-refractivity contribution < 1.29 is 8.78 Å². The summed E-state index contributed by atoms with van der Waals surface area (Å²) in [5, 5.41) is 0. The van der Waals surface area contributed by atoms with Crippen molar-refractivity contribution in [2.45, 2.75) is 38.1 Å². The molecule has 2 N–H and O–H groups in total. The Balaban J connectivity index is 2.02. The third kappa shape index (κ3) is 2.79. The molecule has 88 valence electrons. The van der Waals surface area contributed by atoms with Gasteiger partial charge in [-0.3, -0.25) is 0 Å². The lowest BCUT2D eigenvalue weighted by Crippen LogP contribution is -2.28. The fourth-order valence-electron chi connectivity index (χ4n) is 2.52. The Hall–Kier alpha value is -0.960. The van der Waals surface area contributed by atoms with Gasteiger partial charge in [0, 0.05) is 12.1 Å². The van der Waals surface area contributed by atoms with E-state index in [1.54, 1.807) is 6.07 Å². The summed E-state index contributed by atoms with van der Waals surface area (Å²) < 4.78 is 26.2. The van der Waals surface area contributed by atoms with Crippen molar-refractivity contribution in [2.75, 3.05) is 0 Å². The van der Waals surface area contributed by atoms with Gasteiger partial charge in [-0.25, -0.2) is 8.78 Å². The highest BCUT2D eigenvalue weighted by Crippen LogP contribution is 2.27. The van der Waals surface area contributed by atoms with Crippen molar-refractivity contribution in [1.82, 2.24) is 0 Å². The van der Waals surface area contributed by atoms with Gasteiger partial charge in [-0.1, -0.05) is 18.9 Å². The fourth-order valence-corrected chi connectivity index (χ4v) is 2.52. The molecule has 1 aromatic rings. The topological polar surface area (TPSA) is 26.0 Å². The van der Waals surface area contributed by atoms with Gasteiger partial charge in [-0.2, -0.15) is 0 Å². The van der Waals surface area contributed by atoms with Crippen molar-refractivity contribution in [2.24, 2.45) is 11.7 Å². The van der Waals surface area contributed by atoms with Gasteiger partial charge in [-0.05, 0) is 36.8 Å². The van der Waals surface area contributed by atoms with Crippen LogP contribution in [0.4, 0.5) is 8.78 Å². The second-order valence-electron chi connectivity index (χ2n) is 4.73. The standard InChI is InChI=1S/C13H17F2N/c14-11-5-4-10(13(15)8-11)6-9-2-1-3-12(16)7-9/h4-5,8-9,12H,1-3,6-7,16H2. The zero-order valence-electron chi connectivity index (χ0n) is 9.26. The number of benzene rings is 1. The summed E-state index contributed by atoms with van der Waals surface area (Å²) in [5.74, 6) is -0.496. The lowest BCUT2D eigenvalue weighted by atomic mass is 9.82. The molecule has 0 heterocycles. The van der Waals surface area contributed by atoms with Crippen LogP contribution in [-0.4, -0.2) is 6.04 Å². The monoisotopic (exact) mass is 225 g/mol. The van der Waals surface area contributed by atoms with Gasteiger partial charge >= 0.3 is 0 Å². The second kappa shape index (κ2) is 4.91. The first-order chi connectivity index (χ1) is 7.65. The molecule has 0 amide bonds. The molecule has 1 aromatic carbocycles. The minimum Gasteiger partial charge on any atom is -0.328 e. The molecule has 0 saturated heterocycles. The molecule has 0 aliphatic heterocycles. The van der Waals surface area contributed by atoms with E-state index in [1.165, 1.54) is 6.07 Å². The van der Waals surface area contributed by atoms with Crippen molar-refractivity contribution in [3.05, 3.63) is 35.4 Å². The Morgan fingerprint density at radius 1 is 1.25 bits per heavy atom. The summed E-state index contributed by atoms with van der Waals surface area (Å²) in [6, 6.07) is 4.08. The quantitative estimate of drug-likeness (QED) is 0.822. The van der Waals surface area contributed by atoms with Crippen LogP contribution in [0.5, 0.6) is 0 Å². The number of rotatable bonds is 2. The van der Waals surface area contributed by atoms with Crippen LogP contribution < -0.4 is 5.73 Å². The molecule has 0 aromatic heterocycles. The van der Waals surface area contributed by atoms with Gasteiger partial charge < -0.3 is 5.73 Å². The maximum atomic E-state index is 13.4. The van der Waals surface area contributed by atoms with Crippen molar-refractivity contribution in [1.29, 1.82) is 0 Å². The predicted molar refractivity (Wildman–Crippen MR) is 60.0 cm³/mol. The van der Waals surface area contributed by atoms with Crippen LogP contribution in [0.2, 0.25) is 0 Å². The van der Waals surface area contributed by atoms with Crippen LogP contribution in [0.3, 0.4) is 0 Å². The van der Waals surface area contributed by atoms with Crippen LogP contribution in [0, 0.1) is 17.6 Å². The average Bonchev–Trinajstić information content (AvgIpc) is 2.22. The molecule has 0 bridgehead atoms. The molecule has 16 heavy (non-hydrogen) atoms. The normalized spacial score (nSPS) is 25.7. The highest BCUT2D eigenvalue weighted by atomic mass is 19.1. The molecule has 1 nitrogen and oxygen atoms in total. The molecular formula is C13H17F2N. The first kappa shape index (κ1) is 11.5. The summed E-state index contributed by atoms with van der Waals surface area (Å²) in [6.07, 6.45) is 4.93. The minimum absolute atomic E-state index is 0.252. The highest BCUT2D eigenvalue weighted by Gasteiger charge is 2.20. The first-order valence-electron chi connectivity index (χ1n) is 5.84. The fraction of sp³-hybridized carbons (Fsp3) is 0.538. The molecule has 0 spiro atoms. The minimum atomic E-state index is -0.512. The Morgan fingerprint density at radius 3 is 2.75 bits per heavy atom. The van der Waals surface area contributed by atoms with E-state index in [4.69, 9.17) is 5.73 Å². The van der Waals surface area contributed by atoms with E-state index in [2.05, 4.69) is 0 Å². The lowest BCUT2D eigenvalue weighted by Gasteiger charge is -2.26. The summed E-state index contributed by atoms with van der Waals surface area (Å²) >= 11 is 0. The van der Waals surface area contributed by atoms with Crippen LogP contribution in [0.1, 0.15) is 31.2 Å². The Bertz CT molecular complexity index is 365. The zero-order valence-corrected chi connectivity index (χ0v) is 9.26. The number of hydrogen-bond acceptors (Lipinski definition) is 1. The summed E-state index contributed by atoms with van der Waals surface area (Å²) in [7, 11) is 0. The van der Waals surface area contributed by atoms with E-state index in [-0.39, 0.29) is 6.04 Å². The molecule has 2 rings (SSSR count). The van der Waals surface area contributed by atoms with Gasteiger partial charge in [0.05, 0.1) is 0 Å². The molecule has 3 heteroatoms. The highest BCUT2D eigenvalue weighted by molar-refractivity contribution is 5.19. The first-order valence-corrected chi connectivity index (χ1v) is 5.84. The van der Waals surface area contributed by atoms with Crippen molar-refractivity contribution in [3.63, 3.8) is 0 Å². The maximum Gasteiger partial charge on any atom is 0.129 e. The lowest BCUT2D eigenvalue weighted by molar-refractivity contribution is 0.318. The van der Waals surface area contributed by atoms with E-state index in [1.807, 2.05) is 0 Å². The molecular weight excluding hydrogens is 208 g/mol. The largest absolute Gasteiger partial charge is 0.328 e. The van der Waals surface area contributed by atoms with Crippen molar-refractivity contribution in [3.8, 4) is 0 Å². The molecule has 2 unspecified atom stereocenters. The van der Waals surface area contributed by atoms with E-state index >= 15 is 0 Å². The molecule has 0 radical (unpaired) electrons. The Labute approximate surface area is 94.7 Å². The molecule has 1 saturated carbocycles. The summed E-state index contributed by atoms with van der Waals surface area (Å²) in [5.41, 5.74) is 6.50. The smallest absolute Gasteiger partial charge is 0.129 e. The van der Waals surface area contributed by atoms with Crippen molar-refractivity contribution >= 4 is 0 Å². The van der Waals surface area contributed by atoms with Gasteiger partial charge in [0.15, 0.2) is 0 Å². The number of halogens is 2. The van der Waals surface area contributed by atoms with Gasteiger partial charge in [-0.15, -0.1) is 0 Å². The van der Waals surface area contributed by atoms with E-state index in [9.17, 15) is 8.78 Å². The van der Waals surface area contributed by atoms with Crippen LogP contribution in [0.15, 0.2) is 18.2 Å². The predicted octanol–water partition coefficient (Wildman–Crippen LogP) is 3.02. The van der Waals surface area contributed by atoms with Gasteiger partial charge in [0.2, 0.25) is 0 Å². The maximum absolute atomic E-state index is 13.4. The second-order valence-corrected chi connectivity index (χ2v) is 4.73. The molecule has 1 fully saturated rings. The third-order valence-electron chi connectivity index (χ3n) is 3.35. The number of hydrogen-bond donors (Lipinski definition) is 1.